The highest BCUT2D eigenvalue weighted by Gasteiger charge is 2.20. The molecule has 0 amide bonds. The Morgan fingerprint density at radius 3 is 2.56 bits per heavy atom. The number of rotatable bonds is 4. The molecule has 0 radical (unpaired) electrons. The van der Waals surface area contributed by atoms with Crippen molar-refractivity contribution in [3.05, 3.63) is 11.2 Å². The van der Waals surface area contributed by atoms with E-state index in [4.69, 9.17) is 17.3 Å². The Bertz CT molecular complexity index is 344. The summed E-state index contributed by atoms with van der Waals surface area (Å²) in [7, 11) is 4.06. The smallest absolute Gasteiger partial charge is 0.223 e. The number of nitrogen functional groups attached to an aromatic ring is 1. The monoisotopic (exact) mass is 243 g/mol. The first-order valence-electron chi connectivity index (χ1n) is 5.02. The molecule has 0 fully saturated rings. The van der Waals surface area contributed by atoms with Crippen LogP contribution in [0.4, 0.5) is 11.8 Å². The molecule has 16 heavy (non-hydrogen) atoms. The second kappa shape index (κ2) is 4.84. The zero-order chi connectivity index (χ0) is 12.3. The highest BCUT2D eigenvalue weighted by atomic mass is 35.5. The summed E-state index contributed by atoms with van der Waals surface area (Å²) in [6, 6.07) is 1.66. The van der Waals surface area contributed by atoms with Gasteiger partial charge in [0.25, 0.3) is 0 Å². The van der Waals surface area contributed by atoms with Crippen LogP contribution in [0.2, 0.25) is 5.15 Å². The molecule has 1 aromatic rings. The first-order chi connectivity index (χ1) is 7.31. The van der Waals surface area contributed by atoms with Crippen molar-refractivity contribution in [1.29, 1.82) is 0 Å². The van der Waals surface area contributed by atoms with E-state index in [1.807, 2.05) is 14.1 Å². The lowest BCUT2D eigenvalue weighted by molar-refractivity contribution is 0.210. The largest absolute Gasteiger partial charge is 0.368 e. The average molecular weight is 244 g/mol. The van der Waals surface area contributed by atoms with Gasteiger partial charge in [0.2, 0.25) is 5.95 Å². The molecule has 6 heteroatoms. The molecule has 0 atom stereocenters. The van der Waals surface area contributed by atoms with Crippen LogP contribution in [0.1, 0.15) is 13.8 Å². The molecule has 0 saturated carbocycles. The van der Waals surface area contributed by atoms with Crippen molar-refractivity contribution >= 4 is 23.4 Å². The molecule has 0 aliphatic heterocycles. The van der Waals surface area contributed by atoms with Crippen molar-refractivity contribution in [2.75, 3.05) is 31.7 Å². The number of hydrogen-bond acceptors (Lipinski definition) is 5. The minimum absolute atomic E-state index is 0.0200. The summed E-state index contributed by atoms with van der Waals surface area (Å²) in [6.07, 6.45) is 0. The topological polar surface area (TPSA) is 67.1 Å². The van der Waals surface area contributed by atoms with Gasteiger partial charge in [-0.1, -0.05) is 11.6 Å². The summed E-state index contributed by atoms with van der Waals surface area (Å²) in [5.41, 5.74) is 5.52. The molecule has 0 aliphatic carbocycles. The molecule has 1 rings (SSSR count). The molecule has 0 saturated heterocycles. The van der Waals surface area contributed by atoms with Crippen LogP contribution in [-0.2, 0) is 0 Å². The summed E-state index contributed by atoms with van der Waals surface area (Å²) in [5, 5.41) is 3.54. The van der Waals surface area contributed by atoms with Crippen LogP contribution in [0.25, 0.3) is 0 Å². The van der Waals surface area contributed by atoms with Crippen LogP contribution < -0.4 is 11.1 Å². The van der Waals surface area contributed by atoms with Crippen LogP contribution in [0.15, 0.2) is 6.07 Å². The number of aromatic nitrogens is 2. The number of halogens is 1. The molecular formula is C10H18ClN5. The van der Waals surface area contributed by atoms with Gasteiger partial charge in [-0.3, -0.25) is 0 Å². The molecule has 5 nitrogen and oxygen atoms in total. The van der Waals surface area contributed by atoms with Gasteiger partial charge in [0.15, 0.2) is 0 Å². The summed E-state index contributed by atoms with van der Waals surface area (Å²) in [6.45, 7) is 5.01. The lowest BCUT2D eigenvalue weighted by atomic mass is 10.0. The number of likely N-dealkylation sites (N-methyl/N-ethyl adjacent to an activating group) is 1. The van der Waals surface area contributed by atoms with Crippen molar-refractivity contribution in [1.82, 2.24) is 14.9 Å². The number of nitrogens with one attached hydrogen (secondary N) is 1. The fourth-order valence-corrected chi connectivity index (χ4v) is 1.18. The van der Waals surface area contributed by atoms with Crippen molar-refractivity contribution in [2.24, 2.45) is 0 Å². The minimum Gasteiger partial charge on any atom is -0.368 e. The van der Waals surface area contributed by atoms with Gasteiger partial charge in [-0.05, 0) is 27.9 Å². The molecule has 0 aromatic carbocycles. The predicted molar refractivity (Wildman–Crippen MR) is 67.7 cm³/mol. The van der Waals surface area contributed by atoms with E-state index in [0.717, 1.165) is 6.54 Å². The van der Waals surface area contributed by atoms with Gasteiger partial charge in [-0.15, -0.1) is 0 Å². The molecule has 0 aliphatic rings. The van der Waals surface area contributed by atoms with Crippen molar-refractivity contribution in [3.63, 3.8) is 0 Å². The number of anilines is 2. The lowest BCUT2D eigenvalue weighted by Crippen LogP contribution is -2.44. The lowest BCUT2D eigenvalue weighted by Gasteiger charge is -2.32. The van der Waals surface area contributed by atoms with Crippen LogP contribution in [0.5, 0.6) is 0 Å². The molecule has 0 unspecified atom stereocenters. The number of nitrogens with two attached hydrogens (primary N) is 1. The van der Waals surface area contributed by atoms with Crippen molar-refractivity contribution in [3.8, 4) is 0 Å². The minimum atomic E-state index is 0.0200. The van der Waals surface area contributed by atoms with Gasteiger partial charge in [0.05, 0.1) is 0 Å². The van der Waals surface area contributed by atoms with Crippen LogP contribution in [0.3, 0.4) is 0 Å². The van der Waals surface area contributed by atoms with Crippen LogP contribution >= 0.6 is 11.6 Å². The predicted octanol–water partition coefficient (Wildman–Crippen LogP) is 1.46. The summed E-state index contributed by atoms with van der Waals surface area (Å²) in [4.78, 5) is 9.98. The van der Waals surface area contributed by atoms with E-state index < -0.39 is 0 Å². The Balaban J connectivity index is 2.68. The highest BCUT2D eigenvalue weighted by molar-refractivity contribution is 6.29. The van der Waals surface area contributed by atoms with Crippen LogP contribution in [-0.4, -0.2) is 41.0 Å². The Kier molecular flexibility index (Phi) is 3.93. The van der Waals surface area contributed by atoms with Crippen molar-refractivity contribution in [2.45, 2.75) is 19.4 Å². The second-order valence-electron chi connectivity index (χ2n) is 4.49. The maximum Gasteiger partial charge on any atom is 0.223 e. The Morgan fingerprint density at radius 1 is 1.44 bits per heavy atom. The van der Waals surface area contributed by atoms with Gasteiger partial charge < -0.3 is 16.0 Å². The summed E-state index contributed by atoms with van der Waals surface area (Å²) < 4.78 is 0. The van der Waals surface area contributed by atoms with E-state index in [9.17, 15) is 0 Å². The van der Waals surface area contributed by atoms with E-state index in [1.165, 1.54) is 0 Å². The number of nitrogens with zero attached hydrogens (tertiary/aromatic N) is 3. The molecule has 1 heterocycles. The SMILES string of the molecule is CN(C)C(C)(C)CNc1cc(Cl)nc(N)n1. The third-order valence-electron chi connectivity index (χ3n) is 2.62. The van der Waals surface area contributed by atoms with Gasteiger partial charge in [0, 0.05) is 18.2 Å². The maximum atomic E-state index is 5.78. The third kappa shape index (κ3) is 3.50. The fraction of sp³-hybridized carbons (Fsp3) is 0.600. The molecule has 3 N–H and O–H groups in total. The maximum absolute atomic E-state index is 5.78. The first kappa shape index (κ1) is 13.0. The van der Waals surface area contributed by atoms with Gasteiger partial charge >= 0.3 is 0 Å². The van der Waals surface area contributed by atoms with Gasteiger partial charge in [-0.2, -0.15) is 4.98 Å². The molecule has 1 aromatic heterocycles. The molecular weight excluding hydrogens is 226 g/mol. The second-order valence-corrected chi connectivity index (χ2v) is 4.88. The Morgan fingerprint density at radius 2 is 2.06 bits per heavy atom. The van der Waals surface area contributed by atoms with Crippen molar-refractivity contribution < 1.29 is 0 Å². The van der Waals surface area contributed by atoms with E-state index in [1.54, 1.807) is 6.07 Å². The third-order valence-corrected chi connectivity index (χ3v) is 2.82. The molecule has 0 bridgehead atoms. The average Bonchev–Trinajstić information content (AvgIpc) is 2.13. The Hall–Kier alpha value is -1.07. The highest BCUT2D eigenvalue weighted by Crippen LogP contribution is 2.15. The van der Waals surface area contributed by atoms with Gasteiger partial charge in [0.1, 0.15) is 11.0 Å². The van der Waals surface area contributed by atoms with Gasteiger partial charge in [-0.25, -0.2) is 4.98 Å². The molecule has 90 valence electrons. The summed E-state index contributed by atoms with van der Waals surface area (Å²) in [5.74, 6) is 0.824. The first-order valence-corrected chi connectivity index (χ1v) is 5.40. The van der Waals surface area contributed by atoms with E-state index in [2.05, 4.69) is 34.0 Å². The fourth-order valence-electron chi connectivity index (χ4n) is 0.991. The normalized spacial score (nSPS) is 11.9. The number of hydrogen-bond donors (Lipinski definition) is 2. The van der Waals surface area contributed by atoms with E-state index >= 15 is 0 Å². The zero-order valence-corrected chi connectivity index (χ0v) is 10.8. The van der Waals surface area contributed by atoms with E-state index in [-0.39, 0.29) is 11.5 Å². The zero-order valence-electron chi connectivity index (χ0n) is 10.1. The van der Waals surface area contributed by atoms with E-state index in [0.29, 0.717) is 11.0 Å². The Labute approximate surface area is 101 Å². The molecule has 0 spiro atoms. The quantitative estimate of drug-likeness (QED) is 0.784. The van der Waals surface area contributed by atoms with Crippen LogP contribution in [0, 0.1) is 0 Å². The standard InChI is InChI=1S/C10H18ClN5/c1-10(2,16(3)4)6-13-8-5-7(11)14-9(12)15-8/h5H,6H2,1-4H3,(H3,12,13,14,15). The summed E-state index contributed by atoms with van der Waals surface area (Å²) >= 11 is 5.78.